The van der Waals surface area contributed by atoms with E-state index in [1.54, 1.807) is 0 Å². The molecule has 19 heavy (non-hydrogen) atoms. The van der Waals surface area contributed by atoms with E-state index in [2.05, 4.69) is 6.07 Å². The molecule has 3 fully saturated rings. The molecule has 3 saturated heterocycles. The summed E-state index contributed by atoms with van der Waals surface area (Å²) in [5, 5.41) is 8.94. The van der Waals surface area contributed by atoms with Crippen LogP contribution in [-0.4, -0.2) is 43.9 Å². The second-order valence-electron chi connectivity index (χ2n) is 5.54. The molecule has 0 aromatic carbocycles. The van der Waals surface area contributed by atoms with Gasteiger partial charge in [0.05, 0.1) is 19.1 Å². The first-order chi connectivity index (χ1) is 9.38. The highest BCUT2D eigenvalue weighted by Gasteiger charge is 2.64. The van der Waals surface area contributed by atoms with Crippen LogP contribution in [0.4, 0.5) is 0 Å². The fourth-order valence-corrected chi connectivity index (χ4v) is 3.36. The molecule has 0 aromatic heterocycles. The highest BCUT2D eigenvalue weighted by atomic mass is 16.7. The van der Waals surface area contributed by atoms with Gasteiger partial charge in [-0.3, -0.25) is 0 Å². The van der Waals surface area contributed by atoms with Gasteiger partial charge in [-0.2, -0.15) is 5.26 Å². The van der Waals surface area contributed by atoms with Crippen LogP contribution in [0.2, 0.25) is 0 Å². The van der Waals surface area contributed by atoms with Crippen molar-refractivity contribution in [2.45, 2.75) is 56.4 Å². The van der Waals surface area contributed by atoms with E-state index in [0.29, 0.717) is 13.0 Å². The molecule has 102 valence electrons. The number of nitriles is 1. The summed E-state index contributed by atoms with van der Waals surface area (Å²) in [5.74, 6) is 0. The van der Waals surface area contributed by atoms with Crippen molar-refractivity contribution in [3.05, 3.63) is 11.1 Å². The van der Waals surface area contributed by atoms with Crippen molar-refractivity contribution in [3.63, 3.8) is 0 Å². The fraction of sp³-hybridized carbons (Fsp3) is 0.786. The summed E-state index contributed by atoms with van der Waals surface area (Å²) in [6.07, 6.45) is 3.97. The molecule has 0 radical (unpaired) electrons. The second-order valence-corrected chi connectivity index (χ2v) is 5.54. The number of rotatable bonds is 4. The van der Waals surface area contributed by atoms with E-state index in [9.17, 15) is 0 Å². The Morgan fingerprint density at radius 3 is 2.74 bits per heavy atom. The number of fused-ring (bicyclic) bond motifs is 5. The van der Waals surface area contributed by atoms with Crippen LogP contribution >= 0.6 is 0 Å². The summed E-state index contributed by atoms with van der Waals surface area (Å²) < 4.78 is 22.9. The third kappa shape index (κ3) is 1.91. The molecule has 2 bridgehead atoms. The Hall–Kier alpha value is -0.930. The van der Waals surface area contributed by atoms with Gasteiger partial charge in [-0.15, -0.1) is 0 Å². The van der Waals surface area contributed by atoms with E-state index in [1.807, 2.05) is 0 Å². The number of epoxide rings is 1. The number of hydrogen-bond acceptors (Lipinski definition) is 5. The van der Waals surface area contributed by atoms with Gasteiger partial charge in [-0.25, -0.2) is 0 Å². The largest absolute Gasteiger partial charge is 0.363 e. The van der Waals surface area contributed by atoms with Crippen LogP contribution < -0.4 is 0 Å². The molecule has 4 aliphatic rings. The third-order valence-corrected chi connectivity index (χ3v) is 4.38. The van der Waals surface area contributed by atoms with Gasteiger partial charge in [0.25, 0.3) is 0 Å². The van der Waals surface area contributed by atoms with Crippen LogP contribution in [0.25, 0.3) is 0 Å². The van der Waals surface area contributed by atoms with Gasteiger partial charge in [0.15, 0.2) is 6.29 Å². The lowest BCUT2D eigenvalue weighted by Crippen LogP contribution is -2.27. The zero-order chi connectivity index (χ0) is 12.8. The van der Waals surface area contributed by atoms with E-state index in [4.69, 9.17) is 24.2 Å². The quantitative estimate of drug-likeness (QED) is 0.565. The van der Waals surface area contributed by atoms with E-state index < -0.39 is 0 Å². The monoisotopic (exact) mass is 263 g/mol. The lowest BCUT2D eigenvalue weighted by atomic mass is 9.90. The summed E-state index contributed by atoms with van der Waals surface area (Å²) in [6, 6.07) is 2.22. The topological polar surface area (TPSA) is 64.0 Å². The normalized spacial score (nSPS) is 43.2. The zero-order valence-electron chi connectivity index (χ0n) is 10.7. The Morgan fingerprint density at radius 2 is 2.00 bits per heavy atom. The minimum Gasteiger partial charge on any atom is -0.363 e. The molecule has 0 amide bonds. The third-order valence-electron chi connectivity index (χ3n) is 4.38. The number of nitrogens with zero attached hydrogens (tertiary/aromatic N) is 1. The molecule has 5 nitrogen and oxygen atoms in total. The Labute approximate surface area is 112 Å². The van der Waals surface area contributed by atoms with Crippen LogP contribution in [-0.2, 0) is 18.9 Å². The number of hydrogen-bond donors (Lipinski definition) is 0. The summed E-state index contributed by atoms with van der Waals surface area (Å²) in [7, 11) is 0. The minimum absolute atomic E-state index is 0.000485. The average molecular weight is 263 g/mol. The summed E-state index contributed by atoms with van der Waals surface area (Å²) in [5.41, 5.74) is 2.21. The van der Waals surface area contributed by atoms with Gasteiger partial charge < -0.3 is 18.9 Å². The molecule has 4 heterocycles. The van der Waals surface area contributed by atoms with Crippen LogP contribution in [0, 0.1) is 11.3 Å². The average Bonchev–Trinajstić information content (AvgIpc) is 3.08. The maximum atomic E-state index is 8.94. The highest BCUT2D eigenvalue weighted by molar-refractivity contribution is 5.40. The molecule has 5 atom stereocenters. The van der Waals surface area contributed by atoms with Crippen molar-refractivity contribution in [2.75, 3.05) is 13.2 Å². The molecular weight excluding hydrogens is 246 g/mol. The van der Waals surface area contributed by atoms with Gasteiger partial charge in [0, 0.05) is 6.61 Å². The van der Waals surface area contributed by atoms with E-state index in [0.717, 1.165) is 37.0 Å². The van der Waals surface area contributed by atoms with Crippen molar-refractivity contribution in [1.82, 2.24) is 0 Å². The molecule has 0 spiro atoms. The van der Waals surface area contributed by atoms with Crippen LogP contribution in [0.1, 0.15) is 25.7 Å². The van der Waals surface area contributed by atoms with E-state index in [-0.39, 0.29) is 30.7 Å². The van der Waals surface area contributed by atoms with Crippen LogP contribution in [0.15, 0.2) is 11.1 Å². The maximum Gasteiger partial charge on any atom is 0.158 e. The molecule has 4 aliphatic heterocycles. The van der Waals surface area contributed by atoms with Crippen molar-refractivity contribution in [1.29, 1.82) is 5.26 Å². The highest BCUT2D eigenvalue weighted by Crippen LogP contribution is 2.51. The fourth-order valence-electron chi connectivity index (χ4n) is 3.36. The SMILES string of the molecule is N#CCC1=C(COC2CCCCO2)C2OC1C1OC21. The van der Waals surface area contributed by atoms with Crippen LogP contribution in [0.5, 0.6) is 0 Å². The molecule has 0 N–H and O–H groups in total. The summed E-state index contributed by atoms with van der Waals surface area (Å²) in [4.78, 5) is 0. The molecule has 5 unspecified atom stereocenters. The standard InChI is InChI=1S/C14H17NO4/c15-5-4-8-9(7-17-10-3-1-2-6-16-10)12-14-13(19-14)11(8)18-12/h10-14H,1-4,6-7H2. The lowest BCUT2D eigenvalue weighted by Gasteiger charge is -2.24. The predicted molar refractivity (Wildman–Crippen MR) is 64.1 cm³/mol. The molecule has 0 saturated carbocycles. The first-order valence-corrected chi connectivity index (χ1v) is 7.01. The van der Waals surface area contributed by atoms with Crippen molar-refractivity contribution in [2.24, 2.45) is 0 Å². The molecule has 0 aromatic rings. The lowest BCUT2D eigenvalue weighted by molar-refractivity contribution is -0.158. The Balaban J connectivity index is 1.44. The maximum absolute atomic E-state index is 8.94. The molecule has 5 heteroatoms. The van der Waals surface area contributed by atoms with Crippen molar-refractivity contribution >= 4 is 0 Å². The number of ether oxygens (including phenoxy) is 4. The van der Waals surface area contributed by atoms with Crippen LogP contribution in [0.3, 0.4) is 0 Å². The van der Waals surface area contributed by atoms with E-state index in [1.165, 1.54) is 0 Å². The Bertz CT molecular complexity index is 449. The first kappa shape index (κ1) is 11.9. The molecule has 4 rings (SSSR count). The van der Waals surface area contributed by atoms with Gasteiger partial charge in [0.2, 0.25) is 0 Å². The minimum atomic E-state index is -0.0976. The Kier molecular flexibility index (Phi) is 2.85. The van der Waals surface area contributed by atoms with Gasteiger partial charge >= 0.3 is 0 Å². The second kappa shape index (κ2) is 4.57. The van der Waals surface area contributed by atoms with Crippen molar-refractivity contribution < 1.29 is 18.9 Å². The van der Waals surface area contributed by atoms with Crippen molar-refractivity contribution in [3.8, 4) is 6.07 Å². The van der Waals surface area contributed by atoms with Gasteiger partial charge in [-0.1, -0.05) is 0 Å². The molecule has 0 aliphatic carbocycles. The smallest absolute Gasteiger partial charge is 0.158 e. The Morgan fingerprint density at radius 1 is 1.16 bits per heavy atom. The van der Waals surface area contributed by atoms with Gasteiger partial charge in [0.1, 0.15) is 24.4 Å². The van der Waals surface area contributed by atoms with E-state index >= 15 is 0 Å². The summed E-state index contributed by atoms with van der Waals surface area (Å²) >= 11 is 0. The van der Waals surface area contributed by atoms with Gasteiger partial charge in [-0.05, 0) is 30.4 Å². The first-order valence-electron chi connectivity index (χ1n) is 7.01. The predicted octanol–water partition coefficient (Wildman–Crippen LogP) is 1.29. The molecular formula is C14H17NO4. The zero-order valence-corrected chi connectivity index (χ0v) is 10.7. The summed E-state index contributed by atoms with van der Waals surface area (Å²) in [6.45, 7) is 1.29.